The normalized spacial score (nSPS) is 10.3. The molecule has 1 nitrogen and oxygen atoms in total. The van der Waals surface area contributed by atoms with Gasteiger partial charge in [-0.15, -0.1) is 0 Å². The standard InChI is InChI=1S/C22H25N.C2H6/c1-6-18-11-13-22(23-17(4)5)21(14-18)12-10-19-8-7-9-20(15-19)16(2)3;1-2/h6-16,23H,1,4H2,2-3,5H3;1-2H3/b12-10+;. The minimum Gasteiger partial charge on any atom is -0.359 e. The zero-order chi connectivity index (χ0) is 18.8. The Labute approximate surface area is 153 Å². The van der Waals surface area contributed by atoms with E-state index in [1.807, 2.05) is 26.8 Å². The van der Waals surface area contributed by atoms with E-state index in [-0.39, 0.29) is 0 Å². The van der Waals surface area contributed by atoms with Gasteiger partial charge < -0.3 is 5.32 Å². The third-order valence-electron chi connectivity index (χ3n) is 3.69. The molecule has 1 N–H and O–H groups in total. The highest BCUT2D eigenvalue weighted by Gasteiger charge is 2.02. The Morgan fingerprint density at radius 1 is 1.00 bits per heavy atom. The summed E-state index contributed by atoms with van der Waals surface area (Å²) in [6.07, 6.45) is 6.15. The minimum atomic E-state index is 0.535. The molecule has 1 heteroatoms. The number of anilines is 1. The SMILES string of the molecule is C=Cc1ccc(NC(=C)C)c(/C=C/c2cccc(C(C)C)c2)c1.CC. The van der Waals surface area contributed by atoms with Gasteiger partial charge in [-0.05, 0) is 47.2 Å². The van der Waals surface area contributed by atoms with E-state index in [0.717, 1.165) is 22.5 Å². The number of benzene rings is 2. The molecule has 0 aliphatic carbocycles. The number of hydrogen-bond acceptors (Lipinski definition) is 1. The zero-order valence-corrected chi connectivity index (χ0v) is 16.3. The lowest BCUT2D eigenvalue weighted by atomic mass is 10.00. The molecule has 2 rings (SSSR count). The monoisotopic (exact) mass is 333 g/mol. The summed E-state index contributed by atoms with van der Waals surface area (Å²) in [4.78, 5) is 0. The van der Waals surface area contributed by atoms with Crippen LogP contribution in [0.25, 0.3) is 18.2 Å². The Balaban J connectivity index is 0.00000151. The molecule has 0 heterocycles. The Kier molecular flexibility index (Phi) is 8.49. The molecule has 0 saturated heterocycles. The first-order valence-electron chi connectivity index (χ1n) is 8.96. The predicted molar refractivity (Wildman–Crippen MR) is 116 cm³/mol. The molecule has 0 bridgehead atoms. The lowest BCUT2D eigenvalue weighted by Gasteiger charge is -2.10. The maximum absolute atomic E-state index is 3.93. The van der Waals surface area contributed by atoms with Crippen LogP contribution < -0.4 is 5.32 Å². The van der Waals surface area contributed by atoms with Crippen molar-refractivity contribution in [1.82, 2.24) is 0 Å². The van der Waals surface area contributed by atoms with Crippen molar-refractivity contribution in [3.63, 3.8) is 0 Å². The fourth-order valence-corrected chi connectivity index (χ4v) is 2.40. The van der Waals surface area contributed by atoms with E-state index in [1.54, 1.807) is 0 Å². The van der Waals surface area contributed by atoms with E-state index >= 15 is 0 Å². The fraction of sp³-hybridized carbons (Fsp3) is 0.250. The van der Waals surface area contributed by atoms with Crippen molar-refractivity contribution in [3.8, 4) is 0 Å². The first-order valence-corrected chi connectivity index (χ1v) is 8.96. The Morgan fingerprint density at radius 3 is 2.32 bits per heavy atom. The van der Waals surface area contributed by atoms with Crippen molar-refractivity contribution < 1.29 is 0 Å². The van der Waals surface area contributed by atoms with Gasteiger partial charge in [0, 0.05) is 11.4 Å². The average molecular weight is 334 g/mol. The summed E-state index contributed by atoms with van der Waals surface area (Å²) in [6, 6.07) is 14.9. The Bertz CT molecular complexity index is 736. The third-order valence-corrected chi connectivity index (χ3v) is 3.69. The van der Waals surface area contributed by atoms with Crippen molar-refractivity contribution in [2.45, 2.75) is 40.5 Å². The Morgan fingerprint density at radius 2 is 1.72 bits per heavy atom. The van der Waals surface area contributed by atoms with E-state index in [2.05, 4.69) is 86.9 Å². The van der Waals surface area contributed by atoms with Gasteiger partial charge in [-0.2, -0.15) is 0 Å². The second-order valence-electron chi connectivity index (χ2n) is 6.11. The summed E-state index contributed by atoms with van der Waals surface area (Å²) in [6.45, 7) is 18.2. The maximum Gasteiger partial charge on any atom is 0.0455 e. The highest BCUT2D eigenvalue weighted by atomic mass is 14.9. The highest BCUT2D eigenvalue weighted by molar-refractivity contribution is 5.79. The number of rotatable bonds is 6. The van der Waals surface area contributed by atoms with Gasteiger partial charge in [0.25, 0.3) is 0 Å². The van der Waals surface area contributed by atoms with Crippen LogP contribution in [0.15, 0.2) is 61.3 Å². The van der Waals surface area contributed by atoms with Crippen molar-refractivity contribution in [3.05, 3.63) is 83.6 Å². The van der Waals surface area contributed by atoms with Crippen LogP contribution in [0.1, 0.15) is 62.8 Å². The Hall–Kier alpha value is -2.54. The number of allylic oxidation sites excluding steroid dienone is 1. The summed E-state index contributed by atoms with van der Waals surface area (Å²) >= 11 is 0. The quantitative estimate of drug-likeness (QED) is 0.537. The molecule has 25 heavy (non-hydrogen) atoms. The van der Waals surface area contributed by atoms with E-state index in [0.29, 0.717) is 5.92 Å². The van der Waals surface area contributed by atoms with E-state index in [4.69, 9.17) is 0 Å². The molecule has 0 spiro atoms. The molecular formula is C24H31N. The molecule has 0 unspecified atom stereocenters. The van der Waals surface area contributed by atoms with Crippen molar-refractivity contribution in [1.29, 1.82) is 0 Å². The molecule has 0 atom stereocenters. The molecule has 132 valence electrons. The fourth-order valence-electron chi connectivity index (χ4n) is 2.40. The molecule has 0 fully saturated rings. The minimum absolute atomic E-state index is 0.535. The van der Waals surface area contributed by atoms with Crippen LogP contribution in [0.5, 0.6) is 0 Å². The van der Waals surface area contributed by atoms with Gasteiger partial charge in [0.15, 0.2) is 0 Å². The van der Waals surface area contributed by atoms with E-state index < -0.39 is 0 Å². The summed E-state index contributed by atoms with van der Waals surface area (Å²) in [5.74, 6) is 0.535. The van der Waals surface area contributed by atoms with E-state index in [9.17, 15) is 0 Å². The van der Waals surface area contributed by atoms with Gasteiger partial charge in [0.2, 0.25) is 0 Å². The molecule has 0 saturated carbocycles. The van der Waals surface area contributed by atoms with Crippen LogP contribution >= 0.6 is 0 Å². The van der Waals surface area contributed by atoms with Gasteiger partial charge in [0.05, 0.1) is 0 Å². The third kappa shape index (κ3) is 6.46. The summed E-state index contributed by atoms with van der Waals surface area (Å²) in [7, 11) is 0. The number of nitrogens with one attached hydrogen (secondary N) is 1. The number of hydrogen-bond donors (Lipinski definition) is 1. The topological polar surface area (TPSA) is 12.0 Å². The molecule has 0 aliphatic rings. The van der Waals surface area contributed by atoms with Crippen molar-refractivity contribution in [2.75, 3.05) is 5.32 Å². The lowest BCUT2D eigenvalue weighted by molar-refractivity contribution is 0.866. The van der Waals surface area contributed by atoms with Crippen molar-refractivity contribution >= 4 is 23.9 Å². The largest absolute Gasteiger partial charge is 0.359 e. The molecular weight excluding hydrogens is 302 g/mol. The summed E-state index contributed by atoms with van der Waals surface area (Å²) < 4.78 is 0. The summed E-state index contributed by atoms with van der Waals surface area (Å²) in [5.41, 5.74) is 6.77. The van der Waals surface area contributed by atoms with Crippen LogP contribution in [0, 0.1) is 0 Å². The predicted octanol–water partition coefficient (Wildman–Crippen LogP) is 7.60. The smallest absolute Gasteiger partial charge is 0.0455 e. The van der Waals surface area contributed by atoms with Crippen LogP contribution in [0.2, 0.25) is 0 Å². The first kappa shape index (κ1) is 20.5. The van der Waals surface area contributed by atoms with Gasteiger partial charge in [0.1, 0.15) is 0 Å². The second kappa shape index (κ2) is 10.4. The van der Waals surface area contributed by atoms with Crippen LogP contribution in [0.4, 0.5) is 5.69 Å². The average Bonchev–Trinajstić information content (AvgIpc) is 2.62. The molecule has 0 aliphatic heterocycles. The molecule has 0 aromatic heterocycles. The van der Waals surface area contributed by atoms with Crippen molar-refractivity contribution in [2.24, 2.45) is 0 Å². The maximum atomic E-state index is 3.93. The molecule has 0 amide bonds. The van der Waals surface area contributed by atoms with Crippen LogP contribution in [-0.4, -0.2) is 0 Å². The highest BCUT2D eigenvalue weighted by Crippen LogP contribution is 2.23. The zero-order valence-electron chi connectivity index (χ0n) is 16.3. The molecule has 2 aromatic carbocycles. The van der Waals surface area contributed by atoms with Gasteiger partial charge in [-0.1, -0.05) is 89.4 Å². The molecule has 0 radical (unpaired) electrons. The van der Waals surface area contributed by atoms with Crippen LogP contribution in [-0.2, 0) is 0 Å². The van der Waals surface area contributed by atoms with E-state index in [1.165, 1.54) is 11.1 Å². The van der Waals surface area contributed by atoms with Crippen LogP contribution in [0.3, 0.4) is 0 Å². The lowest BCUT2D eigenvalue weighted by Crippen LogP contribution is -1.96. The summed E-state index contributed by atoms with van der Waals surface area (Å²) in [5, 5.41) is 3.31. The first-order chi connectivity index (χ1) is 12.0. The molecule has 2 aromatic rings. The van der Waals surface area contributed by atoms with Gasteiger partial charge >= 0.3 is 0 Å². The van der Waals surface area contributed by atoms with Gasteiger partial charge in [-0.25, -0.2) is 0 Å². The van der Waals surface area contributed by atoms with Gasteiger partial charge in [-0.3, -0.25) is 0 Å². The second-order valence-corrected chi connectivity index (χ2v) is 6.11.